The Balaban J connectivity index is 1.76. The molecule has 0 unspecified atom stereocenters. The summed E-state index contributed by atoms with van der Waals surface area (Å²) in [5.41, 5.74) is 0.178. The summed E-state index contributed by atoms with van der Waals surface area (Å²) in [5.74, 6) is 0.411. The molecule has 6 nitrogen and oxygen atoms in total. The van der Waals surface area contributed by atoms with Gasteiger partial charge in [-0.3, -0.25) is 0 Å². The Hall–Kier alpha value is -3.15. The molecule has 0 bridgehead atoms. The predicted molar refractivity (Wildman–Crippen MR) is 109 cm³/mol. The molecular formula is C21H20F6N6. The first kappa shape index (κ1) is 23.0. The molecular weight excluding hydrogens is 450 g/mol. The minimum atomic E-state index is -4.53. The average molecular weight is 470 g/mol. The molecule has 1 aliphatic heterocycles. The van der Waals surface area contributed by atoms with Gasteiger partial charge in [-0.25, -0.2) is 15.0 Å². The van der Waals surface area contributed by atoms with Gasteiger partial charge in [-0.05, 0) is 44.1 Å². The lowest BCUT2D eigenvalue weighted by molar-refractivity contribution is -0.137. The number of nitrogens with zero attached hydrogens (tertiary/aromatic N) is 3. The van der Waals surface area contributed by atoms with Crippen LogP contribution in [0, 0.1) is 0 Å². The van der Waals surface area contributed by atoms with Crippen molar-refractivity contribution in [3.63, 3.8) is 0 Å². The summed E-state index contributed by atoms with van der Waals surface area (Å²) >= 11 is 0. The normalized spacial score (nSPS) is 15.6. The van der Waals surface area contributed by atoms with Crippen LogP contribution in [0.4, 0.5) is 32.3 Å². The smallest absolute Gasteiger partial charge is 0.345 e. The van der Waals surface area contributed by atoms with Crippen LogP contribution in [0.25, 0.3) is 22.6 Å². The van der Waals surface area contributed by atoms with Crippen molar-refractivity contribution in [2.24, 2.45) is 0 Å². The molecule has 4 rings (SSSR count). The van der Waals surface area contributed by atoms with Crippen LogP contribution in [0.3, 0.4) is 0 Å². The molecule has 0 atom stereocenters. The number of hydrogen-bond donors (Lipinski definition) is 3. The van der Waals surface area contributed by atoms with E-state index in [4.69, 9.17) is 0 Å². The second kappa shape index (κ2) is 9.00. The quantitative estimate of drug-likeness (QED) is 0.458. The fourth-order valence-electron chi connectivity index (χ4n) is 3.68. The van der Waals surface area contributed by atoms with Crippen LogP contribution in [-0.2, 0) is 6.18 Å². The highest BCUT2D eigenvalue weighted by atomic mass is 19.4. The largest absolute Gasteiger partial charge is 0.416 e. The first-order valence-electron chi connectivity index (χ1n) is 10.2. The number of hydrogen-bond acceptors (Lipinski definition) is 5. The van der Waals surface area contributed by atoms with Gasteiger partial charge in [-0.2, -0.15) is 26.3 Å². The molecule has 2 aromatic heterocycles. The molecule has 1 aliphatic rings. The van der Waals surface area contributed by atoms with Crippen molar-refractivity contribution in [3.8, 4) is 22.6 Å². The summed E-state index contributed by atoms with van der Waals surface area (Å²) in [7, 11) is 0. The molecule has 0 spiro atoms. The number of piperidine rings is 1. The number of alkyl halides is 6. The van der Waals surface area contributed by atoms with Gasteiger partial charge < -0.3 is 15.6 Å². The van der Waals surface area contributed by atoms with Crippen molar-refractivity contribution < 1.29 is 26.3 Å². The Bertz CT molecular complexity index is 1100. The van der Waals surface area contributed by atoms with E-state index in [0.717, 1.165) is 38.1 Å². The first-order chi connectivity index (χ1) is 15.6. The third-order valence-corrected chi connectivity index (χ3v) is 5.27. The van der Waals surface area contributed by atoms with E-state index in [-0.39, 0.29) is 28.8 Å². The third-order valence-electron chi connectivity index (χ3n) is 5.27. The number of nitrogens with one attached hydrogen (secondary N) is 3. The van der Waals surface area contributed by atoms with Crippen molar-refractivity contribution in [2.45, 2.75) is 31.1 Å². The molecule has 176 valence electrons. The van der Waals surface area contributed by atoms with E-state index in [1.807, 2.05) is 0 Å². The molecule has 1 aromatic carbocycles. The first-order valence-corrected chi connectivity index (χ1v) is 10.2. The van der Waals surface area contributed by atoms with Crippen molar-refractivity contribution in [3.05, 3.63) is 47.9 Å². The third kappa shape index (κ3) is 5.62. The zero-order chi connectivity index (χ0) is 23.6. The van der Waals surface area contributed by atoms with Crippen LogP contribution < -0.4 is 10.6 Å². The monoisotopic (exact) mass is 470 g/mol. The molecule has 3 aromatic rings. The van der Waals surface area contributed by atoms with Gasteiger partial charge in [0.25, 0.3) is 0 Å². The van der Waals surface area contributed by atoms with Crippen molar-refractivity contribution in [1.82, 2.24) is 25.3 Å². The Morgan fingerprint density at radius 2 is 1.76 bits per heavy atom. The SMILES string of the molecule is FC(F)(F)CNc1nccc(-c2[nH]c(C3CCNCC3)nc2-c2cccc(C(F)(F)F)c2)n1. The number of imidazole rings is 1. The van der Waals surface area contributed by atoms with Crippen LogP contribution in [0.2, 0.25) is 0 Å². The maximum atomic E-state index is 13.3. The molecule has 0 aliphatic carbocycles. The maximum absolute atomic E-state index is 13.3. The highest BCUT2D eigenvalue weighted by Gasteiger charge is 2.31. The zero-order valence-electron chi connectivity index (χ0n) is 17.2. The minimum absolute atomic E-state index is 0.0641. The Morgan fingerprint density at radius 3 is 2.45 bits per heavy atom. The topological polar surface area (TPSA) is 78.5 Å². The van der Waals surface area contributed by atoms with Gasteiger partial charge in [0.05, 0.1) is 22.6 Å². The molecule has 3 N–H and O–H groups in total. The number of aromatic amines is 1. The number of rotatable bonds is 5. The molecule has 0 saturated carbocycles. The van der Waals surface area contributed by atoms with Crippen molar-refractivity contribution >= 4 is 5.95 Å². The highest BCUT2D eigenvalue weighted by molar-refractivity contribution is 5.77. The average Bonchev–Trinajstić information content (AvgIpc) is 3.23. The molecule has 0 radical (unpaired) electrons. The van der Waals surface area contributed by atoms with E-state index in [2.05, 4.69) is 30.6 Å². The van der Waals surface area contributed by atoms with Crippen molar-refractivity contribution in [1.29, 1.82) is 0 Å². The van der Waals surface area contributed by atoms with Gasteiger partial charge in [0.2, 0.25) is 5.95 Å². The predicted octanol–water partition coefficient (Wildman–Crippen LogP) is 4.99. The number of benzene rings is 1. The maximum Gasteiger partial charge on any atom is 0.416 e. The number of halogens is 6. The fourth-order valence-corrected chi connectivity index (χ4v) is 3.68. The second-order valence-corrected chi connectivity index (χ2v) is 7.68. The van der Waals surface area contributed by atoms with Gasteiger partial charge >= 0.3 is 12.4 Å². The van der Waals surface area contributed by atoms with Crippen LogP contribution in [0.5, 0.6) is 0 Å². The molecule has 1 fully saturated rings. The minimum Gasteiger partial charge on any atom is -0.345 e. The van der Waals surface area contributed by atoms with E-state index < -0.39 is 24.5 Å². The second-order valence-electron chi connectivity index (χ2n) is 7.68. The number of aromatic nitrogens is 4. The standard InChI is InChI=1S/C21H20F6N6/c22-20(23,24)11-30-19-29-9-6-15(31-19)17-16(13-2-1-3-14(10-13)21(25,26)27)32-18(33-17)12-4-7-28-8-5-12/h1-3,6,9-10,12,28H,4-5,7-8,11H2,(H,32,33)(H,29,30,31). The Morgan fingerprint density at radius 1 is 1.00 bits per heavy atom. The van der Waals surface area contributed by atoms with Gasteiger partial charge in [-0.15, -0.1) is 0 Å². The highest BCUT2D eigenvalue weighted by Crippen LogP contribution is 2.36. The van der Waals surface area contributed by atoms with Crippen LogP contribution >= 0.6 is 0 Å². The summed E-state index contributed by atoms with van der Waals surface area (Å²) in [4.78, 5) is 15.7. The van der Waals surface area contributed by atoms with E-state index in [9.17, 15) is 26.3 Å². The molecule has 0 amide bonds. The van der Waals surface area contributed by atoms with Crippen LogP contribution in [0.15, 0.2) is 36.5 Å². The van der Waals surface area contributed by atoms with Crippen LogP contribution in [-0.4, -0.2) is 45.7 Å². The zero-order valence-corrected chi connectivity index (χ0v) is 17.2. The lowest BCUT2D eigenvalue weighted by atomic mass is 9.98. The summed E-state index contributed by atoms with van der Waals surface area (Å²) in [6.07, 6.45) is -6.14. The summed E-state index contributed by atoms with van der Waals surface area (Å²) < 4.78 is 77.5. The molecule has 3 heterocycles. The summed E-state index contributed by atoms with van der Waals surface area (Å²) in [5, 5.41) is 5.35. The Kier molecular flexibility index (Phi) is 6.28. The Labute approximate surface area is 184 Å². The van der Waals surface area contributed by atoms with E-state index in [0.29, 0.717) is 11.5 Å². The lowest BCUT2D eigenvalue weighted by Crippen LogP contribution is -2.27. The van der Waals surface area contributed by atoms with Crippen molar-refractivity contribution in [2.75, 3.05) is 25.0 Å². The van der Waals surface area contributed by atoms with E-state index >= 15 is 0 Å². The van der Waals surface area contributed by atoms with Crippen LogP contribution in [0.1, 0.15) is 30.1 Å². The van der Waals surface area contributed by atoms with Gasteiger partial charge in [0.1, 0.15) is 12.4 Å². The van der Waals surface area contributed by atoms with E-state index in [1.54, 1.807) is 0 Å². The molecule has 12 heteroatoms. The lowest BCUT2D eigenvalue weighted by Gasteiger charge is -2.20. The van der Waals surface area contributed by atoms with Gasteiger partial charge in [0.15, 0.2) is 0 Å². The summed E-state index contributed by atoms with van der Waals surface area (Å²) in [6, 6.07) is 6.22. The van der Waals surface area contributed by atoms with E-state index in [1.165, 1.54) is 24.4 Å². The van der Waals surface area contributed by atoms with Gasteiger partial charge in [0, 0.05) is 17.7 Å². The molecule has 33 heavy (non-hydrogen) atoms. The molecule has 1 saturated heterocycles. The summed E-state index contributed by atoms with van der Waals surface area (Å²) in [6.45, 7) is 0.234. The number of anilines is 1. The number of H-pyrrole nitrogens is 1. The fraction of sp³-hybridized carbons (Fsp3) is 0.381. The van der Waals surface area contributed by atoms with Gasteiger partial charge in [-0.1, -0.05) is 12.1 Å².